The van der Waals surface area contributed by atoms with E-state index in [0.29, 0.717) is 0 Å². The first-order valence-corrected chi connectivity index (χ1v) is 1.10. The van der Waals surface area contributed by atoms with E-state index in [2.05, 4.69) is 0 Å². The van der Waals surface area contributed by atoms with Gasteiger partial charge in [0.25, 0.3) is 0 Å². The molecule has 0 spiro atoms. The molecular formula is GdN2O6. The fourth-order valence-electron chi connectivity index (χ4n) is 0. The summed E-state index contributed by atoms with van der Waals surface area (Å²) in [4.78, 5) is 16.5. The normalized spacial score (nSPS) is 5.33. The minimum atomic E-state index is -1.75. The maximum atomic E-state index is 8.25. The van der Waals surface area contributed by atoms with Crippen molar-refractivity contribution in [2.75, 3.05) is 0 Å². The van der Waals surface area contributed by atoms with Crippen LogP contribution in [-0.2, 0) is 0 Å². The van der Waals surface area contributed by atoms with E-state index >= 15 is 0 Å². The van der Waals surface area contributed by atoms with Crippen LogP contribution in [0.1, 0.15) is 0 Å². The van der Waals surface area contributed by atoms with E-state index in [-0.39, 0.29) is 39.9 Å². The van der Waals surface area contributed by atoms with Crippen molar-refractivity contribution >= 4 is 0 Å². The topological polar surface area (TPSA) is 132 Å². The van der Waals surface area contributed by atoms with E-state index in [9.17, 15) is 0 Å². The molecule has 0 saturated carbocycles. The first-order chi connectivity index (χ1) is 3.46. The van der Waals surface area contributed by atoms with Crippen molar-refractivity contribution in [2.24, 2.45) is 0 Å². The quantitative estimate of drug-likeness (QED) is 0.435. The maximum absolute atomic E-state index is 8.25. The van der Waals surface area contributed by atoms with Crippen LogP contribution in [0, 0.1) is 70.6 Å². The van der Waals surface area contributed by atoms with Crippen molar-refractivity contribution in [1.29, 1.82) is 0 Å². The average Bonchev–Trinajstić information content (AvgIpc) is 1.25. The molecule has 9 heteroatoms. The molecule has 0 N–H and O–H groups in total. The Morgan fingerprint density at radius 2 is 0.778 bits per heavy atom. The number of hydrogen-bond acceptors (Lipinski definition) is 6. The predicted molar refractivity (Wildman–Crippen MR) is 20.7 cm³/mol. The van der Waals surface area contributed by atoms with Gasteiger partial charge in [-0.25, -0.2) is 0 Å². The van der Waals surface area contributed by atoms with Crippen LogP contribution < -0.4 is 0 Å². The molecular weight excluding hydrogens is 281 g/mol. The van der Waals surface area contributed by atoms with Crippen LogP contribution in [0.4, 0.5) is 0 Å². The second-order valence-electron chi connectivity index (χ2n) is 0.447. The average molecular weight is 281 g/mol. The molecule has 0 heterocycles. The smallest absolute Gasteiger partial charge is 0.356 e. The molecule has 0 atom stereocenters. The van der Waals surface area contributed by atoms with Crippen LogP contribution in [-0.4, -0.2) is 10.2 Å². The van der Waals surface area contributed by atoms with Gasteiger partial charge in [-0.05, 0) is 0 Å². The van der Waals surface area contributed by atoms with E-state index in [0.717, 1.165) is 0 Å². The summed E-state index contributed by atoms with van der Waals surface area (Å²) in [6.07, 6.45) is 0. The summed E-state index contributed by atoms with van der Waals surface area (Å²) in [6, 6.07) is 0. The van der Waals surface area contributed by atoms with Crippen molar-refractivity contribution in [3.63, 3.8) is 0 Å². The first-order valence-electron chi connectivity index (χ1n) is 1.10. The van der Waals surface area contributed by atoms with Gasteiger partial charge < -0.3 is 30.6 Å². The van der Waals surface area contributed by atoms with Crippen molar-refractivity contribution in [3.8, 4) is 0 Å². The van der Waals surface area contributed by atoms with Gasteiger partial charge in [-0.1, -0.05) is 0 Å². The molecule has 0 rings (SSSR count). The monoisotopic (exact) mass is 282 g/mol. The number of nitrogens with zero attached hydrogens (tertiary/aromatic N) is 2. The summed E-state index contributed by atoms with van der Waals surface area (Å²) in [5.41, 5.74) is 0. The Morgan fingerprint density at radius 1 is 0.778 bits per heavy atom. The zero-order valence-corrected chi connectivity index (χ0v) is 5.97. The number of hydrogen-bond donors (Lipinski definition) is 0. The van der Waals surface area contributed by atoms with Crippen molar-refractivity contribution < 1.29 is 50.1 Å². The van der Waals surface area contributed by atoms with Crippen molar-refractivity contribution in [3.05, 3.63) is 30.6 Å². The van der Waals surface area contributed by atoms with Gasteiger partial charge in [0.1, 0.15) is 0 Å². The van der Waals surface area contributed by atoms with E-state index in [1.54, 1.807) is 0 Å². The molecule has 9 heavy (non-hydrogen) atoms. The van der Waals surface area contributed by atoms with Crippen LogP contribution in [0.15, 0.2) is 0 Å². The van der Waals surface area contributed by atoms with Gasteiger partial charge in [-0.2, -0.15) is 0 Å². The number of rotatable bonds is 0. The van der Waals surface area contributed by atoms with Gasteiger partial charge in [-0.15, -0.1) is 0 Å². The zero-order valence-electron chi connectivity index (χ0n) is 3.70. The fraction of sp³-hybridized carbons (Fsp3) is 0. The molecule has 0 unspecified atom stereocenters. The van der Waals surface area contributed by atoms with Crippen molar-refractivity contribution in [1.82, 2.24) is 0 Å². The predicted octanol–water partition coefficient (Wildman–Crippen LogP) is -0.478. The minimum absolute atomic E-state index is 0. The molecule has 0 fully saturated rings. The third-order valence-corrected chi connectivity index (χ3v) is 0. The molecule has 0 bridgehead atoms. The van der Waals surface area contributed by atoms with Gasteiger partial charge >= 0.3 is 39.9 Å². The van der Waals surface area contributed by atoms with E-state index < -0.39 is 10.2 Å². The molecule has 0 aromatic rings. The van der Waals surface area contributed by atoms with Crippen LogP contribution >= 0.6 is 0 Å². The summed E-state index contributed by atoms with van der Waals surface area (Å²) in [5, 5.41) is 29.5. The van der Waals surface area contributed by atoms with Gasteiger partial charge in [0.15, 0.2) is 0 Å². The molecule has 0 radical (unpaired) electrons. The molecule has 0 saturated heterocycles. The molecule has 0 aliphatic carbocycles. The Kier molecular flexibility index (Phi) is 18.8. The molecule has 0 aromatic carbocycles. The van der Waals surface area contributed by atoms with Gasteiger partial charge in [0, 0.05) is 0 Å². The molecule has 54 valence electrons. The van der Waals surface area contributed by atoms with E-state index in [4.69, 9.17) is 30.6 Å². The van der Waals surface area contributed by atoms with Crippen molar-refractivity contribution in [2.45, 2.75) is 0 Å². The molecule has 0 aromatic heterocycles. The standard InChI is InChI=1S/Gd.2NO3/c;2*2-1(3)4/q+2;2*-1. The Hall–Kier alpha value is -0.275. The van der Waals surface area contributed by atoms with E-state index in [1.165, 1.54) is 0 Å². The first kappa shape index (κ1) is 15.9. The maximum Gasteiger partial charge on any atom is 2.00 e. The third-order valence-electron chi connectivity index (χ3n) is 0. The summed E-state index contributed by atoms with van der Waals surface area (Å²) in [6.45, 7) is 0. The summed E-state index contributed by atoms with van der Waals surface area (Å²) < 4.78 is 0. The fourth-order valence-corrected chi connectivity index (χ4v) is 0. The van der Waals surface area contributed by atoms with Crippen LogP contribution in [0.3, 0.4) is 0 Å². The third kappa shape index (κ3) is 3340. The Balaban J connectivity index is -0.0000000720. The molecule has 0 amide bonds. The largest absolute Gasteiger partial charge is 2.00 e. The SMILES string of the molecule is O=[N+]([O-])[O-].O=[N+]([O-])[O-].[Gd+2]. The van der Waals surface area contributed by atoms with Crippen LogP contribution in [0.2, 0.25) is 0 Å². The molecule has 8 nitrogen and oxygen atoms in total. The van der Waals surface area contributed by atoms with Gasteiger partial charge in [0.05, 0.1) is 10.2 Å². The summed E-state index contributed by atoms with van der Waals surface area (Å²) in [7, 11) is 0. The minimum Gasteiger partial charge on any atom is -0.356 e. The van der Waals surface area contributed by atoms with Gasteiger partial charge in [0.2, 0.25) is 0 Å². The summed E-state index contributed by atoms with van der Waals surface area (Å²) in [5.74, 6) is 0. The zero-order chi connectivity index (χ0) is 7.15. The summed E-state index contributed by atoms with van der Waals surface area (Å²) >= 11 is 0. The Bertz CT molecular complexity index is 69.1. The Morgan fingerprint density at radius 3 is 0.778 bits per heavy atom. The van der Waals surface area contributed by atoms with E-state index in [1.807, 2.05) is 0 Å². The van der Waals surface area contributed by atoms with Crippen LogP contribution in [0.5, 0.6) is 0 Å². The Labute approximate surface area is 80.4 Å². The second-order valence-corrected chi connectivity index (χ2v) is 0.447. The van der Waals surface area contributed by atoms with Crippen LogP contribution in [0.25, 0.3) is 0 Å². The van der Waals surface area contributed by atoms with Gasteiger partial charge in [-0.3, -0.25) is 0 Å². The second kappa shape index (κ2) is 10.7. The molecule has 0 aliphatic heterocycles. The molecule has 0 aliphatic rings.